The van der Waals surface area contributed by atoms with Crippen LogP contribution in [0.5, 0.6) is 5.75 Å². The third-order valence-corrected chi connectivity index (χ3v) is 3.80. The zero-order valence-corrected chi connectivity index (χ0v) is 13.2. The quantitative estimate of drug-likeness (QED) is 0.866. The van der Waals surface area contributed by atoms with Crippen molar-refractivity contribution in [2.75, 3.05) is 18.5 Å². The number of nitrogens with zero attached hydrogens (tertiary/aromatic N) is 1. The van der Waals surface area contributed by atoms with Crippen LogP contribution < -0.4 is 10.2 Å². The Hall–Kier alpha value is -2.00. The van der Waals surface area contributed by atoms with Crippen LogP contribution >= 0.6 is 0 Å². The molecule has 0 radical (unpaired) electrons. The Balaban J connectivity index is 2.25. The van der Waals surface area contributed by atoms with Crippen molar-refractivity contribution in [1.82, 2.24) is 5.32 Å². The number of aromatic hydroxyl groups is 1. The van der Waals surface area contributed by atoms with Crippen LogP contribution in [0.4, 0.5) is 11.4 Å². The van der Waals surface area contributed by atoms with Gasteiger partial charge in [-0.1, -0.05) is 30.7 Å². The highest BCUT2D eigenvalue weighted by Gasteiger charge is 2.12. The van der Waals surface area contributed by atoms with Crippen molar-refractivity contribution in [2.24, 2.45) is 0 Å². The van der Waals surface area contributed by atoms with E-state index < -0.39 is 0 Å². The van der Waals surface area contributed by atoms with Crippen molar-refractivity contribution >= 4 is 11.4 Å². The summed E-state index contributed by atoms with van der Waals surface area (Å²) in [5, 5.41) is 13.6. The monoisotopic (exact) mass is 284 g/mol. The minimum atomic E-state index is 0.147. The van der Waals surface area contributed by atoms with E-state index in [0.29, 0.717) is 5.75 Å². The van der Waals surface area contributed by atoms with Gasteiger partial charge in [-0.15, -0.1) is 0 Å². The van der Waals surface area contributed by atoms with Gasteiger partial charge in [0.05, 0.1) is 0 Å². The number of phenols is 1. The lowest BCUT2D eigenvalue weighted by Crippen LogP contribution is -2.18. The smallest absolute Gasteiger partial charge is 0.122 e. The fourth-order valence-electron chi connectivity index (χ4n) is 2.44. The average Bonchev–Trinajstić information content (AvgIpc) is 2.47. The van der Waals surface area contributed by atoms with E-state index in [1.807, 2.05) is 25.2 Å². The standard InChI is InChI=1S/C18H24N2O/c1-5-19-14(3)17-11-10-16(12-18(17)21)20(4)15-8-6-13(2)7-9-15/h6-12,14,19,21H,5H2,1-4H3. The maximum absolute atomic E-state index is 10.3. The van der Waals surface area contributed by atoms with Crippen LogP contribution in [0.1, 0.15) is 31.0 Å². The summed E-state index contributed by atoms with van der Waals surface area (Å²) >= 11 is 0. The van der Waals surface area contributed by atoms with Gasteiger partial charge in [-0.05, 0) is 38.6 Å². The highest BCUT2D eigenvalue weighted by molar-refractivity contribution is 5.65. The number of hydrogen-bond acceptors (Lipinski definition) is 3. The SMILES string of the molecule is CCNC(C)c1ccc(N(C)c2ccc(C)cc2)cc1O. The Morgan fingerprint density at radius 3 is 2.29 bits per heavy atom. The molecule has 0 aliphatic rings. The summed E-state index contributed by atoms with van der Waals surface area (Å²) < 4.78 is 0. The van der Waals surface area contributed by atoms with Gasteiger partial charge in [0.25, 0.3) is 0 Å². The molecule has 2 aromatic rings. The first-order valence-electron chi connectivity index (χ1n) is 7.39. The van der Waals surface area contributed by atoms with E-state index in [1.54, 1.807) is 0 Å². The molecule has 0 aromatic heterocycles. The van der Waals surface area contributed by atoms with E-state index in [9.17, 15) is 5.11 Å². The first-order valence-corrected chi connectivity index (χ1v) is 7.39. The molecule has 0 aliphatic heterocycles. The number of rotatable bonds is 5. The molecule has 21 heavy (non-hydrogen) atoms. The minimum Gasteiger partial charge on any atom is -0.508 e. The molecule has 0 spiro atoms. The Morgan fingerprint density at radius 2 is 1.71 bits per heavy atom. The van der Waals surface area contributed by atoms with Crippen molar-refractivity contribution < 1.29 is 5.11 Å². The number of benzene rings is 2. The van der Waals surface area contributed by atoms with E-state index in [0.717, 1.165) is 23.5 Å². The van der Waals surface area contributed by atoms with Crippen LogP contribution in [0.15, 0.2) is 42.5 Å². The van der Waals surface area contributed by atoms with E-state index in [-0.39, 0.29) is 6.04 Å². The third-order valence-electron chi connectivity index (χ3n) is 3.80. The summed E-state index contributed by atoms with van der Waals surface area (Å²) in [6.07, 6.45) is 0. The predicted molar refractivity (Wildman–Crippen MR) is 89.4 cm³/mol. The molecule has 1 atom stereocenters. The van der Waals surface area contributed by atoms with Crippen molar-refractivity contribution in [2.45, 2.75) is 26.8 Å². The van der Waals surface area contributed by atoms with Crippen LogP contribution in [-0.2, 0) is 0 Å². The second-order valence-corrected chi connectivity index (χ2v) is 5.42. The molecule has 1 unspecified atom stereocenters. The minimum absolute atomic E-state index is 0.147. The molecule has 3 heteroatoms. The lowest BCUT2D eigenvalue weighted by Gasteiger charge is -2.22. The van der Waals surface area contributed by atoms with E-state index >= 15 is 0 Å². The fraction of sp³-hybridized carbons (Fsp3) is 0.333. The molecule has 0 amide bonds. The lowest BCUT2D eigenvalue weighted by molar-refractivity contribution is 0.455. The molecule has 0 bridgehead atoms. The summed E-state index contributed by atoms with van der Waals surface area (Å²) in [7, 11) is 2.01. The zero-order valence-electron chi connectivity index (χ0n) is 13.2. The molecular weight excluding hydrogens is 260 g/mol. The van der Waals surface area contributed by atoms with Gasteiger partial charge in [-0.3, -0.25) is 0 Å². The second-order valence-electron chi connectivity index (χ2n) is 5.42. The Morgan fingerprint density at radius 1 is 1.10 bits per heavy atom. The van der Waals surface area contributed by atoms with Gasteiger partial charge in [-0.2, -0.15) is 0 Å². The van der Waals surface area contributed by atoms with Crippen LogP contribution in [0, 0.1) is 6.92 Å². The fourth-order valence-corrected chi connectivity index (χ4v) is 2.44. The number of nitrogens with one attached hydrogen (secondary N) is 1. The summed E-state index contributed by atoms with van der Waals surface area (Å²) in [6.45, 7) is 7.08. The Bertz CT molecular complexity index is 593. The molecule has 2 rings (SSSR count). The largest absolute Gasteiger partial charge is 0.508 e. The van der Waals surface area contributed by atoms with Gasteiger partial charge in [0.15, 0.2) is 0 Å². The summed E-state index contributed by atoms with van der Waals surface area (Å²) in [5.74, 6) is 0.333. The van der Waals surface area contributed by atoms with Crippen molar-refractivity contribution in [3.8, 4) is 5.75 Å². The second kappa shape index (κ2) is 6.64. The lowest BCUT2D eigenvalue weighted by atomic mass is 10.1. The Labute approximate surface area is 127 Å². The van der Waals surface area contributed by atoms with Gasteiger partial charge in [0.2, 0.25) is 0 Å². The maximum atomic E-state index is 10.3. The highest BCUT2D eigenvalue weighted by atomic mass is 16.3. The number of aryl methyl sites for hydroxylation is 1. The predicted octanol–water partition coefficient (Wildman–Crippen LogP) is 4.14. The van der Waals surface area contributed by atoms with Gasteiger partial charge >= 0.3 is 0 Å². The Kier molecular flexibility index (Phi) is 4.86. The molecule has 112 valence electrons. The van der Waals surface area contributed by atoms with Crippen molar-refractivity contribution in [3.05, 3.63) is 53.6 Å². The van der Waals surface area contributed by atoms with Crippen molar-refractivity contribution in [3.63, 3.8) is 0 Å². The first-order chi connectivity index (χ1) is 10.0. The van der Waals surface area contributed by atoms with Crippen molar-refractivity contribution in [1.29, 1.82) is 0 Å². The van der Waals surface area contributed by atoms with E-state index in [4.69, 9.17) is 0 Å². The topological polar surface area (TPSA) is 35.5 Å². The van der Waals surface area contributed by atoms with Gasteiger partial charge in [-0.25, -0.2) is 0 Å². The normalized spacial score (nSPS) is 12.2. The molecular formula is C18H24N2O. The zero-order chi connectivity index (χ0) is 15.4. The average molecular weight is 284 g/mol. The highest BCUT2D eigenvalue weighted by Crippen LogP contribution is 2.31. The molecule has 2 N–H and O–H groups in total. The van der Waals surface area contributed by atoms with E-state index in [2.05, 4.69) is 55.3 Å². The number of phenolic OH excluding ortho intramolecular Hbond substituents is 1. The molecule has 0 fully saturated rings. The van der Waals surface area contributed by atoms with Crippen LogP contribution in [0.2, 0.25) is 0 Å². The first kappa shape index (κ1) is 15.4. The molecule has 0 aliphatic carbocycles. The third kappa shape index (κ3) is 3.56. The molecule has 0 heterocycles. The van der Waals surface area contributed by atoms with E-state index in [1.165, 1.54) is 5.56 Å². The van der Waals surface area contributed by atoms with Gasteiger partial charge < -0.3 is 15.3 Å². The molecule has 0 saturated carbocycles. The molecule has 3 nitrogen and oxygen atoms in total. The van der Waals surface area contributed by atoms with Crippen LogP contribution in [0.3, 0.4) is 0 Å². The summed E-state index contributed by atoms with van der Waals surface area (Å²) in [5.41, 5.74) is 4.25. The van der Waals surface area contributed by atoms with Crippen LogP contribution in [-0.4, -0.2) is 18.7 Å². The number of anilines is 2. The van der Waals surface area contributed by atoms with Gasteiger partial charge in [0, 0.05) is 36.1 Å². The molecule has 2 aromatic carbocycles. The maximum Gasteiger partial charge on any atom is 0.122 e. The molecule has 0 saturated heterocycles. The van der Waals surface area contributed by atoms with Gasteiger partial charge in [0.1, 0.15) is 5.75 Å². The van der Waals surface area contributed by atoms with Crippen LogP contribution in [0.25, 0.3) is 0 Å². The number of hydrogen-bond donors (Lipinski definition) is 2. The summed E-state index contributed by atoms with van der Waals surface area (Å²) in [4.78, 5) is 2.07. The summed E-state index contributed by atoms with van der Waals surface area (Å²) in [6, 6.07) is 14.4.